The molecule has 1 aliphatic heterocycles. The Morgan fingerprint density at radius 2 is 1.65 bits per heavy atom. The molecule has 3 rings (SSSR count). The van der Waals surface area contributed by atoms with Crippen molar-refractivity contribution in [2.24, 2.45) is 17.8 Å². The van der Waals surface area contributed by atoms with Crippen LogP contribution in [0.25, 0.3) is 0 Å². The van der Waals surface area contributed by atoms with Crippen LogP contribution >= 0.6 is 23.5 Å². The van der Waals surface area contributed by atoms with Gasteiger partial charge in [0.25, 0.3) is 0 Å². The van der Waals surface area contributed by atoms with E-state index in [0.29, 0.717) is 15.9 Å². The molecule has 2 aliphatic carbocycles. The van der Waals surface area contributed by atoms with E-state index in [1.54, 1.807) is 0 Å². The summed E-state index contributed by atoms with van der Waals surface area (Å²) >= 11 is 4.46. The number of carbonyl (C=O) groups is 1. The fourth-order valence-electron chi connectivity index (χ4n) is 4.60. The van der Waals surface area contributed by atoms with Gasteiger partial charge in [0.15, 0.2) is 0 Å². The van der Waals surface area contributed by atoms with Crippen molar-refractivity contribution in [3.63, 3.8) is 0 Å². The fraction of sp³-hybridized carbons (Fsp3) is 0.938. The number of amides is 1. The van der Waals surface area contributed by atoms with Crippen LogP contribution in [-0.2, 0) is 4.79 Å². The lowest BCUT2D eigenvalue weighted by Gasteiger charge is -2.52. The molecule has 4 heteroatoms. The van der Waals surface area contributed by atoms with E-state index >= 15 is 0 Å². The summed E-state index contributed by atoms with van der Waals surface area (Å²) in [5.74, 6) is 4.99. The number of carbonyl (C=O) groups excluding carboxylic acids is 1. The molecule has 0 aromatic carbocycles. The Morgan fingerprint density at radius 3 is 2.15 bits per heavy atom. The van der Waals surface area contributed by atoms with Gasteiger partial charge in [-0.2, -0.15) is 0 Å². The second-order valence-electron chi connectivity index (χ2n) is 6.42. The van der Waals surface area contributed by atoms with Gasteiger partial charge in [0.2, 0.25) is 5.91 Å². The summed E-state index contributed by atoms with van der Waals surface area (Å²) in [6.45, 7) is 5.95. The summed E-state index contributed by atoms with van der Waals surface area (Å²) in [4.78, 5) is 14.8. The number of thioether (sulfide) groups is 2. The molecule has 1 heterocycles. The van der Waals surface area contributed by atoms with Gasteiger partial charge in [0, 0.05) is 30.5 Å². The van der Waals surface area contributed by atoms with Crippen LogP contribution in [0.2, 0.25) is 0 Å². The molecule has 0 radical (unpaired) electrons. The van der Waals surface area contributed by atoms with E-state index < -0.39 is 0 Å². The summed E-state index contributed by atoms with van der Waals surface area (Å²) in [7, 11) is 0. The summed E-state index contributed by atoms with van der Waals surface area (Å²) in [5, 5.41) is 0. The van der Waals surface area contributed by atoms with Gasteiger partial charge in [0.1, 0.15) is 0 Å². The van der Waals surface area contributed by atoms with E-state index in [9.17, 15) is 4.79 Å². The zero-order valence-corrected chi connectivity index (χ0v) is 14.4. The molecule has 3 aliphatic rings. The molecular weight excluding hydrogens is 286 g/mol. The van der Waals surface area contributed by atoms with Crippen molar-refractivity contribution in [3.8, 4) is 0 Å². The van der Waals surface area contributed by atoms with Crippen LogP contribution in [0, 0.1) is 17.8 Å². The average Bonchev–Trinajstić information content (AvgIpc) is 2.89. The van der Waals surface area contributed by atoms with Gasteiger partial charge in [-0.05, 0) is 51.4 Å². The lowest BCUT2D eigenvalue weighted by atomic mass is 9.66. The highest BCUT2D eigenvalue weighted by atomic mass is 32.2. The first kappa shape index (κ1) is 15.1. The number of hydrogen-bond donors (Lipinski definition) is 0. The Kier molecular flexibility index (Phi) is 4.61. The third kappa shape index (κ3) is 2.41. The monoisotopic (exact) mass is 313 g/mol. The first-order chi connectivity index (χ1) is 9.71. The molecule has 0 aromatic rings. The molecular formula is C16H27NOS2. The fourth-order valence-corrected chi connectivity index (χ4v) is 8.54. The van der Waals surface area contributed by atoms with Crippen molar-refractivity contribution in [1.29, 1.82) is 0 Å². The third-order valence-electron chi connectivity index (χ3n) is 5.54. The maximum absolute atomic E-state index is 12.7. The molecule has 0 aromatic heterocycles. The van der Waals surface area contributed by atoms with Crippen LogP contribution in [0.15, 0.2) is 0 Å². The Labute approximate surface area is 131 Å². The van der Waals surface area contributed by atoms with Gasteiger partial charge < -0.3 is 4.90 Å². The lowest BCUT2D eigenvalue weighted by molar-refractivity contribution is -0.138. The Bertz CT molecular complexity index is 347. The van der Waals surface area contributed by atoms with Crippen molar-refractivity contribution in [3.05, 3.63) is 0 Å². The van der Waals surface area contributed by atoms with Gasteiger partial charge in [-0.25, -0.2) is 0 Å². The molecule has 114 valence electrons. The van der Waals surface area contributed by atoms with Crippen molar-refractivity contribution >= 4 is 29.4 Å². The van der Waals surface area contributed by atoms with Crippen molar-refractivity contribution < 1.29 is 4.79 Å². The molecule has 2 nitrogen and oxygen atoms in total. The van der Waals surface area contributed by atoms with Crippen LogP contribution in [0.3, 0.4) is 0 Å². The Morgan fingerprint density at radius 1 is 1.10 bits per heavy atom. The minimum Gasteiger partial charge on any atom is -0.343 e. The summed E-state index contributed by atoms with van der Waals surface area (Å²) in [6, 6.07) is 0. The number of hydrogen-bond acceptors (Lipinski definition) is 3. The molecule has 1 amide bonds. The maximum atomic E-state index is 12.7. The highest BCUT2D eigenvalue weighted by Crippen LogP contribution is 2.64. The topological polar surface area (TPSA) is 20.3 Å². The molecule has 2 atom stereocenters. The van der Waals surface area contributed by atoms with E-state index in [2.05, 4.69) is 37.4 Å². The molecule has 1 saturated heterocycles. The zero-order valence-electron chi connectivity index (χ0n) is 12.8. The minimum absolute atomic E-state index is 0.317. The van der Waals surface area contributed by atoms with Gasteiger partial charge >= 0.3 is 0 Å². The number of nitrogens with zero attached hydrogens (tertiary/aromatic N) is 1. The summed E-state index contributed by atoms with van der Waals surface area (Å²) in [5.41, 5.74) is 0. The minimum atomic E-state index is 0.317. The van der Waals surface area contributed by atoms with E-state index in [4.69, 9.17) is 0 Å². The quantitative estimate of drug-likeness (QED) is 0.789. The van der Waals surface area contributed by atoms with Crippen LogP contribution in [0.4, 0.5) is 0 Å². The summed E-state index contributed by atoms with van der Waals surface area (Å²) in [6.07, 6.45) is 6.43. The molecule has 2 unspecified atom stereocenters. The van der Waals surface area contributed by atoms with Crippen LogP contribution < -0.4 is 0 Å². The Hall–Kier alpha value is 0.170. The normalized spacial score (nSPS) is 35.2. The van der Waals surface area contributed by atoms with Gasteiger partial charge in [-0.1, -0.05) is 6.42 Å². The largest absolute Gasteiger partial charge is 0.343 e. The van der Waals surface area contributed by atoms with Crippen molar-refractivity contribution in [2.45, 2.75) is 50.0 Å². The molecule has 0 N–H and O–H groups in total. The second kappa shape index (κ2) is 6.12. The highest BCUT2D eigenvalue weighted by molar-refractivity contribution is 8.21. The van der Waals surface area contributed by atoms with Crippen molar-refractivity contribution in [1.82, 2.24) is 4.90 Å². The predicted octanol–water partition coefficient (Wildman–Crippen LogP) is 3.86. The van der Waals surface area contributed by atoms with Gasteiger partial charge in [-0.3, -0.25) is 4.79 Å². The van der Waals surface area contributed by atoms with Crippen LogP contribution in [0.1, 0.15) is 46.0 Å². The average molecular weight is 314 g/mol. The van der Waals surface area contributed by atoms with E-state index in [-0.39, 0.29) is 0 Å². The number of rotatable bonds is 3. The highest BCUT2D eigenvalue weighted by Gasteiger charge is 2.55. The van der Waals surface area contributed by atoms with Gasteiger partial charge in [0.05, 0.1) is 4.08 Å². The van der Waals surface area contributed by atoms with E-state index in [1.807, 2.05) is 4.90 Å². The lowest BCUT2D eigenvalue weighted by Crippen LogP contribution is -2.50. The first-order valence-corrected chi connectivity index (χ1v) is 10.2. The van der Waals surface area contributed by atoms with E-state index in [0.717, 1.165) is 37.8 Å². The van der Waals surface area contributed by atoms with Crippen LogP contribution in [-0.4, -0.2) is 39.5 Å². The molecule has 1 spiro atoms. The van der Waals surface area contributed by atoms with Crippen molar-refractivity contribution in [2.75, 3.05) is 24.6 Å². The van der Waals surface area contributed by atoms with Gasteiger partial charge in [-0.15, -0.1) is 23.5 Å². The Balaban J connectivity index is 1.75. The standard InChI is InChI=1S/C16H27NOS2/c1-3-17(4-2)15(18)12-10-13-6-5-7-14(11-12)16(13)19-8-9-20-16/h12-14H,3-11H2,1-2H3. The molecule has 3 fully saturated rings. The smallest absolute Gasteiger partial charge is 0.225 e. The maximum Gasteiger partial charge on any atom is 0.225 e. The van der Waals surface area contributed by atoms with Crippen LogP contribution in [0.5, 0.6) is 0 Å². The molecule has 20 heavy (non-hydrogen) atoms. The third-order valence-corrected chi connectivity index (χ3v) is 9.56. The molecule has 2 bridgehead atoms. The SMILES string of the molecule is CCN(CC)C(=O)C1CC2CCCC(C1)C21SCCS1. The van der Waals surface area contributed by atoms with E-state index in [1.165, 1.54) is 30.8 Å². The zero-order chi connectivity index (χ0) is 14.2. The second-order valence-corrected chi connectivity index (χ2v) is 9.43. The summed E-state index contributed by atoms with van der Waals surface area (Å²) < 4.78 is 0.498. The first-order valence-electron chi connectivity index (χ1n) is 8.28. The molecule has 2 saturated carbocycles. The predicted molar refractivity (Wildman–Crippen MR) is 89.1 cm³/mol.